The van der Waals surface area contributed by atoms with Crippen molar-refractivity contribution in [3.05, 3.63) is 83.9 Å². The van der Waals surface area contributed by atoms with Crippen molar-refractivity contribution in [3.8, 4) is 11.4 Å². The molecule has 0 fully saturated rings. The number of amides is 1. The number of aromatic amines is 1. The van der Waals surface area contributed by atoms with Crippen molar-refractivity contribution in [1.82, 2.24) is 9.97 Å². The Bertz CT molecular complexity index is 1300. The SMILES string of the molecule is CC(OC(=O)c1ccc2nc(-c3ccccc3)[nH]c2c1)C(=O)Nc1ccc(C(=O)O)cc1. The summed E-state index contributed by atoms with van der Waals surface area (Å²) in [5, 5.41) is 11.5. The molecule has 3 N–H and O–H groups in total. The summed E-state index contributed by atoms with van der Waals surface area (Å²) >= 11 is 0. The van der Waals surface area contributed by atoms with E-state index < -0.39 is 23.9 Å². The third-order valence-corrected chi connectivity index (χ3v) is 4.82. The minimum Gasteiger partial charge on any atom is -0.478 e. The van der Waals surface area contributed by atoms with E-state index in [0.717, 1.165) is 5.56 Å². The molecule has 8 heteroatoms. The molecule has 32 heavy (non-hydrogen) atoms. The van der Waals surface area contributed by atoms with Crippen molar-refractivity contribution in [2.24, 2.45) is 0 Å². The van der Waals surface area contributed by atoms with Crippen LogP contribution in [-0.2, 0) is 9.53 Å². The van der Waals surface area contributed by atoms with Crippen LogP contribution in [-0.4, -0.2) is 39.0 Å². The minimum absolute atomic E-state index is 0.104. The number of hydrogen-bond acceptors (Lipinski definition) is 5. The Labute approximate surface area is 182 Å². The van der Waals surface area contributed by atoms with Gasteiger partial charge in [-0.15, -0.1) is 0 Å². The summed E-state index contributed by atoms with van der Waals surface area (Å²) in [6, 6.07) is 20.2. The molecule has 4 aromatic rings. The number of esters is 1. The largest absolute Gasteiger partial charge is 0.478 e. The van der Waals surface area contributed by atoms with Gasteiger partial charge in [0.2, 0.25) is 0 Å². The standard InChI is InChI=1S/C24H19N3O5/c1-14(22(28)25-18-10-7-16(8-11-18)23(29)30)32-24(31)17-9-12-19-20(13-17)27-21(26-19)15-5-3-2-4-6-15/h2-14H,1H3,(H,25,28)(H,26,27)(H,29,30). The van der Waals surface area contributed by atoms with Crippen LogP contribution in [0.15, 0.2) is 72.8 Å². The number of aromatic carboxylic acids is 1. The maximum atomic E-state index is 12.6. The number of carboxylic acids is 1. The lowest BCUT2D eigenvalue weighted by atomic mass is 10.2. The third-order valence-electron chi connectivity index (χ3n) is 4.82. The smallest absolute Gasteiger partial charge is 0.338 e. The fraction of sp³-hybridized carbons (Fsp3) is 0.0833. The van der Waals surface area contributed by atoms with Crippen molar-refractivity contribution >= 4 is 34.6 Å². The molecular formula is C24H19N3O5. The van der Waals surface area contributed by atoms with Gasteiger partial charge in [-0.3, -0.25) is 4.79 Å². The molecule has 1 atom stereocenters. The van der Waals surface area contributed by atoms with E-state index in [4.69, 9.17) is 9.84 Å². The van der Waals surface area contributed by atoms with E-state index in [9.17, 15) is 14.4 Å². The van der Waals surface area contributed by atoms with Crippen molar-refractivity contribution < 1.29 is 24.2 Å². The molecule has 8 nitrogen and oxygen atoms in total. The van der Waals surface area contributed by atoms with Gasteiger partial charge in [-0.1, -0.05) is 30.3 Å². The summed E-state index contributed by atoms with van der Waals surface area (Å²) in [4.78, 5) is 43.5. The monoisotopic (exact) mass is 429 g/mol. The number of imidazole rings is 1. The van der Waals surface area contributed by atoms with E-state index in [1.165, 1.54) is 31.2 Å². The quantitative estimate of drug-likeness (QED) is 0.397. The van der Waals surface area contributed by atoms with Crippen molar-refractivity contribution in [3.63, 3.8) is 0 Å². The fourth-order valence-corrected chi connectivity index (χ4v) is 3.09. The number of aromatic nitrogens is 2. The zero-order valence-electron chi connectivity index (χ0n) is 17.0. The topological polar surface area (TPSA) is 121 Å². The Morgan fingerprint density at radius 1 is 0.969 bits per heavy atom. The minimum atomic E-state index is -1.06. The van der Waals surface area contributed by atoms with Gasteiger partial charge in [0.05, 0.1) is 22.2 Å². The van der Waals surface area contributed by atoms with Crippen LogP contribution in [0.5, 0.6) is 0 Å². The molecule has 0 aliphatic rings. The van der Waals surface area contributed by atoms with E-state index in [1.807, 2.05) is 30.3 Å². The second-order valence-electron chi connectivity index (χ2n) is 7.10. The highest BCUT2D eigenvalue weighted by Crippen LogP contribution is 2.21. The van der Waals surface area contributed by atoms with Gasteiger partial charge < -0.3 is 20.1 Å². The molecule has 0 radical (unpaired) electrons. The molecule has 0 aliphatic heterocycles. The van der Waals surface area contributed by atoms with Gasteiger partial charge in [0.25, 0.3) is 5.91 Å². The Balaban J connectivity index is 1.43. The highest BCUT2D eigenvalue weighted by atomic mass is 16.5. The summed E-state index contributed by atoms with van der Waals surface area (Å²) in [5.74, 6) is -1.55. The molecule has 0 aliphatic carbocycles. The number of nitrogens with one attached hydrogen (secondary N) is 2. The average molecular weight is 429 g/mol. The summed E-state index contributed by atoms with van der Waals surface area (Å²) in [5.41, 5.74) is 3.09. The maximum Gasteiger partial charge on any atom is 0.338 e. The zero-order chi connectivity index (χ0) is 22.7. The fourth-order valence-electron chi connectivity index (χ4n) is 3.09. The number of benzene rings is 3. The van der Waals surface area contributed by atoms with E-state index in [-0.39, 0.29) is 11.1 Å². The predicted octanol–water partition coefficient (Wildman–Crippen LogP) is 4.11. The van der Waals surface area contributed by atoms with Crippen LogP contribution < -0.4 is 5.32 Å². The molecule has 1 heterocycles. The van der Waals surface area contributed by atoms with E-state index in [0.29, 0.717) is 22.5 Å². The van der Waals surface area contributed by atoms with Crippen molar-refractivity contribution in [1.29, 1.82) is 0 Å². The number of hydrogen-bond donors (Lipinski definition) is 3. The van der Waals surface area contributed by atoms with Gasteiger partial charge in [0, 0.05) is 11.3 Å². The molecule has 4 rings (SSSR count). The lowest BCUT2D eigenvalue weighted by molar-refractivity contribution is -0.123. The first-order valence-corrected chi connectivity index (χ1v) is 9.81. The van der Waals surface area contributed by atoms with Crippen LogP contribution in [0.1, 0.15) is 27.6 Å². The Kier molecular flexibility index (Phi) is 5.67. The highest BCUT2D eigenvalue weighted by molar-refractivity contribution is 5.99. The number of rotatable bonds is 6. The first-order chi connectivity index (χ1) is 15.4. The number of carbonyl (C=O) groups excluding carboxylic acids is 2. The number of fused-ring (bicyclic) bond motifs is 1. The summed E-state index contributed by atoms with van der Waals surface area (Å²) in [6.45, 7) is 1.46. The first-order valence-electron chi connectivity index (χ1n) is 9.81. The second kappa shape index (κ2) is 8.73. The Morgan fingerprint density at radius 2 is 1.66 bits per heavy atom. The molecule has 160 valence electrons. The van der Waals surface area contributed by atoms with E-state index in [2.05, 4.69) is 15.3 Å². The molecular weight excluding hydrogens is 410 g/mol. The molecule has 3 aromatic carbocycles. The molecule has 1 unspecified atom stereocenters. The summed E-state index contributed by atoms with van der Waals surface area (Å²) < 4.78 is 5.29. The van der Waals surface area contributed by atoms with Gasteiger partial charge in [0.15, 0.2) is 6.10 Å². The number of nitrogens with zero attached hydrogens (tertiary/aromatic N) is 1. The Morgan fingerprint density at radius 3 is 2.34 bits per heavy atom. The number of carbonyl (C=O) groups is 3. The van der Waals surface area contributed by atoms with Crippen LogP contribution in [0.25, 0.3) is 22.4 Å². The lowest BCUT2D eigenvalue weighted by Gasteiger charge is -2.13. The van der Waals surface area contributed by atoms with Gasteiger partial charge >= 0.3 is 11.9 Å². The van der Waals surface area contributed by atoms with E-state index in [1.54, 1.807) is 18.2 Å². The van der Waals surface area contributed by atoms with Gasteiger partial charge in [0.1, 0.15) is 5.82 Å². The molecule has 0 spiro atoms. The van der Waals surface area contributed by atoms with Crippen molar-refractivity contribution in [2.75, 3.05) is 5.32 Å². The number of carboxylic acid groups (broad SMARTS) is 1. The number of ether oxygens (including phenoxy) is 1. The van der Waals surface area contributed by atoms with Gasteiger partial charge in [-0.25, -0.2) is 14.6 Å². The second-order valence-corrected chi connectivity index (χ2v) is 7.10. The lowest BCUT2D eigenvalue weighted by Crippen LogP contribution is -2.30. The van der Waals surface area contributed by atoms with Crippen LogP contribution in [0.2, 0.25) is 0 Å². The van der Waals surface area contributed by atoms with Crippen LogP contribution in [0.4, 0.5) is 5.69 Å². The number of anilines is 1. The van der Waals surface area contributed by atoms with Crippen molar-refractivity contribution in [2.45, 2.75) is 13.0 Å². The first kappa shape index (κ1) is 20.8. The number of H-pyrrole nitrogens is 1. The van der Waals surface area contributed by atoms with Crippen LogP contribution >= 0.6 is 0 Å². The zero-order valence-corrected chi connectivity index (χ0v) is 17.0. The van der Waals surface area contributed by atoms with Crippen LogP contribution in [0, 0.1) is 0 Å². The normalized spacial score (nSPS) is 11.7. The molecule has 0 saturated carbocycles. The highest BCUT2D eigenvalue weighted by Gasteiger charge is 2.20. The predicted molar refractivity (Wildman–Crippen MR) is 118 cm³/mol. The summed E-state index contributed by atoms with van der Waals surface area (Å²) in [6.07, 6.45) is -1.06. The average Bonchev–Trinajstić information content (AvgIpc) is 3.23. The van der Waals surface area contributed by atoms with Gasteiger partial charge in [-0.05, 0) is 49.4 Å². The molecule has 1 amide bonds. The summed E-state index contributed by atoms with van der Waals surface area (Å²) in [7, 11) is 0. The molecule has 1 aromatic heterocycles. The van der Waals surface area contributed by atoms with E-state index >= 15 is 0 Å². The molecule has 0 bridgehead atoms. The Hall–Kier alpha value is -4.46. The van der Waals surface area contributed by atoms with Crippen LogP contribution in [0.3, 0.4) is 0 Å². The third kappa shape index (κ3) is 4.49. The van der Waals surface area contributed by atoms with Gasteiger partial charge in [-0.2, -0.15) is 0 Å². The molecule has 0 saturated heterocycles. The maximum absolute atomic E-state index is 12.6.